The van der Waals surface area contributed by atoms with E-state index in [1.54, 1.807) is 13.8 Å². The molecule has 5 nitrogen and oxygen atoms in total. The maximum absolute atomic E-state index is 11.9. The molecule has 1 aromatic rings. The third kappa shape index (κ3) is 4.36. The lowest BCUT2D eigenvalue weighted by Gasteiger charge is -2.05. The zero-order chi connectivity index (χ0) is 13.7. The third-order valence-corrected chi connectivity index (χ3v) is 2.85. The van der Waals surface area contributed by atoms with Crippen LogP contribution in [0.1, 0.15) is 46.0 Å². The van der Waals surface area contributed by atoms with Gasteiger partial charge in [-0.05, 0) is 32.9 Å². The van der Waals surface area contributed by atoms with Crippen molar-refractivity contribution in [3.05, 3.63) is 22.5 Å². The SMILES string of the molecule is CCNCCNC(=O)c1[nH]c(C)c(C(C)=O)c1C.Cl. The Bertz CT molecular complexity index is 455. The number of nitrogens with one attached hydrogen (secondary N) is 3. The molecule has 0 radical (unpaired) electrons. The summed E-state index contributed by atoms with van der Waals surface area (Å²) < 4.78 is 0. The molecule has 3 N–H and O–H groups in total. The predicted octanol–water partition coefficient (Wildman–Crippen LogP) is 1.60. The molecule has 0 aliphatic rings. The van der Waals surface area contributed by atoms with Gasteiger partial charge in [-0.3, -0.25) is 9.59 Å². The van der Waals surface area contributed by atoms with E-state index < -0.39 is 0 Å². The summed E-state index contributed by atoms with van der Waals surface area (Å²) in [7, 11) is 0. The molecule has 0 atom stereocenters. The smallest absolute Gasteiger partial charge is 0.268 e. The van der Waals surface area contributed by atoms with Gasteiger partial charge in [-0.15, -0.1) is 12.4 Å². The number of ketones is 1. The van der Waals surface area contributed by atoms with Crippen LogP contribution in [0, 0.1) is 13.8 Å². The van der Waals surface area contributed by atoms with Gasteiger partial charge in [0.15, 0.2) is 5.78 Å². The van der Waals surface area contributed by atoms with Gasteiger partial charge >= 0.3 is 0 Å². The van der Waals surface area contributed by atoms with E-state index in [9.17, 15) is 9.59 Å². The average molecular weight is 288 g/mol. The molecule has 1 amide bonds. The lowest BCUT2D eigenvalue weighted by molar-refractivity contribution is 0.0948. The molecular weight excluding hydrogens is 266 g/mol. The van der Waals surface area contributed by atoms with Crippen molar-refractivity contribution in [2.24, 2.45) is 0 Å². The summed E-state index contributed by atoms with van der Waals surface area (Å²) in [5.74, 6) is -0.186. The summed E-state index contributed by atoms with van der Waals surface area (Å²) >= 11 is 0. The lowest BCUT2D eigenvalue weighted by Crippen LogP contribution is -2.32. The van der Waals surface area contributed by atoms with Crippen LogP contribution >= 0.6 is 12.4 Å². The molecule has 1 aromatic heterocycles. The summed E-state index contributed by atoms with van der Waals surface area (Å²) in [5, 5.41) is 5.94. The minimum absolute atomic E-state index is 0. The van der Waals surface area contributed by atoms with Crippen LogP contribution in [0.4, 0.5) is 0 Å². The number of Topliss-reactive ketones (excluding diaryl/α,β-unsaturated/α-hetero) is 1. The van der Waals surface area contributed by atoms with Gasteiger partial charge in [-0.25, -0.2) is 0 Å². The molecule has 1 heterocycles. The number of aromatic nitrogens is 1. The highest BCUT2D eigenvalue weighted by atomic mass is 35.5. The van der Waals surface area contributed by atoms with E-state index in [0.29, 0.717) is 17.8 Å². The normalized spacial score (nSPS) is 9.89. The van der Waals surface area contributed by atoms with Gasteiger partial charge < -0.3 is 15.6 Å². The fourth-order valence-corrected chi connectivity index (χ4v) is 2.03. The predicted molar refractivity (Wildman–Crippen MR) is 78.4 cm³/mol. The maximum Gasteiger partial charge on any atom is 0.268 e. The summed E-state index contributed by atoms with van der Waals surface area (Å²) in [6.07, 6.45) is 0. The Balaban J connectivity index is 0.00000324. The Hall–Kier alpha value is -1.33. The second kappa shape index (κ2) is 7.96. The van der Waals surface area contributed by atoms with E-state index in [2.05, 4.69) is 15.6 Å². The first-order valence-electron chi connectivity index (χ1n) is 6.18. The summed E-state index contributed by atoms with van der Waals surface area (Å²) in [5.41, 5.74) is 2.57. The zero-order valence-corrected chi connectivity index (χ0v) is 12.7. The summed E-state index contributed by atoms with van der Waals surface area (Å²) in [6.45, 7) is 9.30. The Morgan fingerprint density at radius 3 is 2.32 bits per heavy atom. The minimum Gasteiger partial charge on any atom is -0.354 e. The fraction of sp³-hybridized carbons (Fsp3) is 0.538. The molecule has 0 aliphatic heterocycles. The standard InChI is InChI=1S/C13H21N3O2.ClH/c1-5-14-6-7-15-13(18)12-8(2)11(10(4)17)9(3)16-12;/h14,16H,5-7H2,1-4H3,(H,15,18);1H. The first-order valence-corrected chi connectivity index (χ1v) is 6.18. The van der Waals surface area contributed by atoms with Crippen molar-refractivity contribution in [3.63, 3.8) is 0 Å². The first kappa shape index (κ1) is 17.7. The molecule has 0 bridgehead atoms. The Morgan fingerprint density at radius 1 is 1.21 bits per heavy atom. The molecule has 108 valence electrons. The Morgan fingerprint density at radius 2 is 1.84 bits per heavy atom. The van der Waals surface area contributed by atoms with Gasteiger partial charge in [0.2, 0.25) is 0 Å². The van der Waals surface area contributed by atoms with Gasteiger partial charge in [0.05, 0.1) is 0 Å². The first-order chi connectivity index (χ1) is 8.49. The topological polar surface area (TPSA) is 74.0 Å². The molecule has 0 spiro atoms. The van der Waals surface area contributed by atoms with Crippen molar-refractivity contribution >= 4 is 24.1 Å². The number of amides is 1. The molecule has 19 heavy (non-hydrogen) atoms. The van der Waals surface area contributed by atoms with Crippen molar-refractivity contribution in [2.45, 2.75) is 27.7 Å². The minimum atomic E-state index is -0.166. The number of hydrogen-bond acceptors (Lipinski definition) is 3. The van der Waals surface area contributed by atoms with Crippen LogP contribution in [-0.2, 0) is 0 Å². The number of aromatic amines is 1. The number of carbonyl (C=O) groups excluding carboxylic acids is 2. The van der Waals surface area contributed by atoms with Crippen LogP contribution in [0.25, 0.3) is 0 Å². The molecule has 0 aromatic carbocycles. The molecular formula is C13H22ClN3O2. The van der Waals surface area contributed by atoms with Crippen LogP contribution in [-0.4, -0.2) is 36.3 Å². The third-order valence-electron chi connectivity index (χ3n) is 2.85. The van der Waals surface area contributed by atoms with E-state index in [-0.39, 0.29) is 24.1 Å². The van der Waals surface area contributed by atoms with E-state index in [4.69, 9.17) is 0 Å². The van der Waals surface area contributed by atoms with Crippen molar-refractivity contribution < 1.29 is 9.59 Å². The second-order valence-electron chi connectivity index (χ2n) is 4.29. The van der Waals surface area contributed by atoms with Crippen LogP contribution in [0.5, 0.6) is 0 Å². The molecule has 0 aliphatic carbocycles. The quantitative estimate of drug-likeness (QED) is 0.549. The Kier molecular flexibility index (Phi) is 7.41. The van der Waals surface area contributed by atoms with Gasteiger partial charge in [-0.2, -0.15) is 0 Å². The summed E-state index contributed by atoms with van der Waals surface area (Å²) in [6, 6.07) is 0. The van der Waals surface area contributed by atoms with Gasteiger partial charge in [0, 0.05) is 24.3 Å². The number of halogens is 1. The van der Waals surface area contributed by atoms with E-state index in [1.165, 1.54) is 6.92 Å². The highest BCUT2D eigenvalue weighted by molar-refractivity contribution is 6.02. The fourth-order valence-electron chi connectivity index (χ4n) is 2.03. The Labute approximate surface area is 120 Å². The molecule has 0 saturated heterocycles. The number of hydrogen-bond donors (Lipinski definition) is 3. The highest BCUT2D eigenvalue weighted by Gasteiger charge is 2.19. The van der Waals surface area contributed by atoms with E-state index in [1.807, 2.05) is 6.92 Å². The van der Waals surface area contributed by atoms with Crippen LogP contribution in [0.2, 0.25) is 0 Å². The molecule has 0 unspecified atom stereocenters. The van der Waals surface area contributed by atoms with Crippen LogP contribution in [0.15, 0.2) is 0 Å². The van der Waals surface area contributed by atoms with E-state index >= 15 is 0 Å². The van der Waals surface area contributed by atoms with Gasteiger partial charge in [0.25, 0.3) is 5.91 Å². The number of rotatable bonds is 6. The summed E-state index contributed by atoms with van der Waals surface area (Å²) in [4.78, 5) is 26.4. The van der Waals surface area contributed by atoms with Crippen molar-refractivity contribution in [1.82, 2.24) is 15.6 Å². The number of likely N-dealkylation sites (N-methyl/N-ethyl adjacent to an activating group) is 1. The molecule has 6 heteroatoms. The van der Waals surface area contributed by atoms with Gasteiger partial charge in [-0.1, -0.05) is 6.92 Å². The van der Waals surface area contributed by atoms with Crippen molar-refractivity contribution in [3.8, 4) is 0 Å². The largest absolute Gasteiger partial charge is 0.354 e. The zero-order valence-electron chi connectivity index (χ0n) is 11.8. The average Bonchev–Trinajstić information content (AvgIpc) is 2.60. The lowest BCUT2D eigenvalue weighted by atomic mass is 10.1. The highest BCUT2D eigenvalue weighted by Crippen LogP contribution is 2.18. The van der Waals surface area contributed by atoms with Crippen LogP contribution < -0.4 is 10.6 Å². The molecule has 0 fully saturated rings. The molecule has 1 rings (SSSR count). The van der Waals surface area contributed by atoms with E-state index in [0.717, 1.165) is 24.3 Å². The maximum atomic E-state index is 11.9. The number of aryl methyl sites for hydroxylation is 1. The van der Waals surface area contributed by atoms with Gasteiger partial charge in [0.1, 0.15) is 5.69 Å². The molecule has 0 saturated carbocycles. The van der Waals surface area contributed by atoms with Crippen molar-refractivity contribution in [2.75, 3.05) is 19.6 Å². The van der Waals surface area contributed by atoms with Crippen molar-refractivity contribution in [1.29, 1.82) is 0 Å². The number of carbonyl (C=O) groups is 2. The monoisotopic (exact) mass is 287 g/mol. The van der Waals surface area contributed by atoms with Crippen LogP contribution in [0.3, 0.4) is 0 Å². The number of H-pyrrole nitrogens is 1. The second-order valence-corrected chi connectivity index (χ2v) is 4.29.